The van der Waals surface area contributed by atoms with Gasteiger partial charge in [0.25, 0.3) is 5.91 Å². The second-order valence-electron chi connectivity index (χ2n) is 11.2. The molecule has 37 heavy (non-hydrogen) atoms. The van der Waals surface area contributed by atoms with E-state index < -0.39 is 5.97 Å². The van der Waals surface area contributed by atoms with Crippen molar-refractivity contribution in [2.45, 2.75) is 64.7 Å². The van der Waals surface area contributed by atoms with Crippen LogP contribution >= 0.6 is 0 Å². The van der Waals surface area contributed by atoms with E-state index in [0.29, 0.717) is 5.56 Å². The number of amides is 1. The smallest absolute Gasteiger partial charge is 0.339 e. The van der Waals surface area contributed by atoms with E-state index in [0.717, 1.165) is 84.9 Å². The number of para-hydroxylation sites is 1. The largest absolute Gasteiger partial charge is 0.452 e. The first-order valence-corrected chi connectivity index (χ1v) is 13.5. The molecule has 1 saturated heterocycles. The minimum atomic E-state index is -0.434. The van der Waals surface area contributed by atoms with Crippen LogP contribution in [0.15, 0.2) is 48.5 Å². The van der Waals surface area contributed by atoms with Gasteiger partial charge in [-0.05, 0) is 78.3 Å². The van der Waals surface area contributed by atoms with Crippen molar-refractivity contribution in [1.82, 2.24) is 9.88 Å². The standard InChI is InChI=1S/C32H36N2O3/c1-32(2,3)24-16-14-22(15-17-24)20-23-10-9-12-26-29(25-11-5-6-13-27(25)33-30(23)26)31(36)37-21-28(35)34-18-7-4-8-19-34/h5-6,11,13-17,20H,4,7-10,12,18-19,21H2,1-3H3. The van der Waals surface area contributed by atoms with Crippen molar-refractivity contribution >= 4 is 34.4 Å². The Bertz CT molecular complexity index is 1340. The van der Waals surface area contributed by atoms with Gasteiger partial charge in [0.2, 0.25) is 0 Å². The number of benzene rings is 2. The molecule has 1 fully saturated rings. The molecule has 5 nitrogen and oxygen atoms in total. The van der Waals surface area contributed by atoms with Crippen molar-refractivity contribution in [2.24, 2.45) is 0 Å². The highest BCUT2D eigenvalue weighted by Gasteiger charge is 2.27. The molecular formula is C32H36N2O3. The number of carbonyl (C=O) groups is 2. The van der Waals surface area contributed by atoms with Gasteiger partial charge in [0.1, 0.15) is 0 Å². The molecule has 2 heterocycles. The highest BCUT2D eigenvalue weighted by atomic mass is 16.5. The van der Waals surface area contributed by atoms with E-state index >= 15 is 0 Å². The average Bonchev–Trinajstić information content (AvgIpc) is 2.91. The Morgan fingerprint density at radius 3 is 2.41 bits per heavy atom. The molecule has 192 valence electrons. The van der Waals surface area contributed by atoms with Crippen LogP contribution in [-0.4, -0.2) is 41.5 Å². The fourth-order valence-electron chi connectivity index (χ4n) is 5.42. The van der Waals surface area contributed by atoms with Crippen molar-refractivity contribution < 1.29 is 14.3 Å². The van der Waals surface area contributed by atoms with E-state index in [1.54, 1.807) is 0 Å². The highest BCUT2D eigenvalue weighted by Crippen LogP contribution is 2.36. The molecule has 0 unspecified atom stereocenters. The van der Waals surface area contributed by atoms with Crippen molar-refractivity contribution in [3.63, 3.8) is 0 Å². The third kappa shape index (κ3) is 5.46. The number of carbonyl (C=O) groups excluding carboxylic acids is 2. The van der Waals surface area contributed by atoms with Crippen LogP contribution < -0.4 is 0 Å². The number of aromatic nitrogens is 1. The molecule has 1 aliphatic carbocycles. The number of ether oxygens (including phenoxy) is 1. The minimum Gasteiger partial charge on any atom is -0.452 e. The summed E-state index contributed by atoms with van der Waals surface area (Å²) in [5, 5.41) is 0.785. The van der Waals surface area contributed by atoms with Crippen LogP contribution in [0.1, 0.15) is 85.6 Å². The number of hydrogen-bond acceptors (Lipinski definition) is 4. The molecule has 1 aromatic heterocycles. The monoisotopic (exact) mass is 496 g/mol. The average molecular weight is 497 g/mol. The van der Waals surface area contributed by atoms with Crippen LogP contribution in [0.2, 0.25) is 0 Å². The number of hydrogen-bond donors (Lipinski definition) is 0. The third-order valence-electron chi connectivity index (χ3n) is 7.53. The fraction of sp³-hybridized carbons (Fsp3) is 0.406. The lowest BCUT2D eigenvalue weighted by molar-refractivity contribution is -0.135. The molecule has 0 N–H and O–H groups in total. The summed E-state index contributed by atoms with van der Waals surface area (Å²) < 4.78 is 5.64. The Balaban J connectivity index is 1.48. The number of likely N-dealkylation sites (tertiary alicyclic amines) is 1. The Hall–Kier alpha value is -3.47. The first kappa shape index (κ1) is 25.2. The van der Waals surface area contributed by atoms with E-state index in [9.17, 15) is 9.59 Å². The van der Waals surface area contributed by atoms with Gasteiger partial charge >= 0.3 is 5.97 Å². The van der Waals surface area contributed by atoms with Gasteiger partial charge in [0, 0.05) is 18.5 Å². The van der Waals surface area contributed by atoms with Crippen molar-refractivity contribution in [3.05, 3.63) is 76.5 Å². The van der Waals surface area contributed by atoms with E-state index in [1.165, 1.54) is 5.56 Å². The maximum atomic E-state index is 13.5. The zero-order valence-electron chi connectivity index (χ0n) is 22.2. The van der Waals surface area contributed by atoms with E-state index in [-0.39, 0.29) is 17.9 Å². The van der Waals surface area contributed by atoms with Crippen LogP contribution in [0.4, 0.5) is 0 Å². The molecule has 5 heteroatoms. The number of esters is 1. The number of allylic oxidation sites excluding steroid dienone is 1. The molecule has 1 aliphatic heterocycles. The van der Waals surface area contributed by atoms with Gasteiger partial charge in [-0.1, -0.05) is 63.2 Å². The predicted molar refractivity (Wildman–Crippen MR) is 148 cm³/mol. The lowest BCUT2D eigenvalue weighted by atomic mass is 9.85. The number of rotatable bonds is 4. The van der Waals surface area contributed by atoms with Crippen LogP contribution in [0.3, 0.4) is 0 Å². The second-order valence-corrected chi connectivity index (χ2v) is 11.2. The van der Waals surface area contributed by atoms with Crippen LogP contribution in [0, 0.1) is 0 Å². The summed E-state index contributed by atoms with van der Waals surface area (Å²) in [6.45, 7) is 7.92. The zero-order chi connectivity index (χ0) is 26.0. The number of pyridine rings is 1. The summed E-state index contributed by atoms with van der Waals surface area (Å²) in [6, 6.07) is 16.4. The van der Waals surface area contributed by atoms with Crippen LogP contribution in [-0.2, 0) is 21.4 Å². The van der Waals surface area contributed by atoms with Gasteiger partial charge in [-0.2, -0.15) is 0 Å². The molecule has 0 atom stereocenters. The Morgan fingerprint density at radius 2 is 1.68 bits per heavy atom. The van der Waals surface area contributed by atoms with Gasteiger partial charge in [0.15, 0.2) is 6.61 Å². The first-order chi connectivity index (χ1) is 17.8. The summed E-state index contributed by atoms with van der Waals surface area (Å²) in [5.74, 6) is -0.546. The highest BCUT2D eigenvalue weighted by molar-refractivity contribution is 6.07. The van der Waals surface area contributed by atoms with Crippen LogP contribution in [0.5, 0.6) is 0 Å². The maximum absolute atomic E-state index is 13.5. The summed E-state index contributed by atoms with van der Waals surface area (Å²) in [4.78, 5) is 32.9. The summed E-state index contributed by atoms with van der Waals surface area (Å²) in [6.07, 6.45) is 7.97. The normalized spacial score (nSPS) is 17.1. The second kappa shape index (κ2) is 10.5. The lowest BCUT2D eigenvalue weighted by Crippen LogP contribution is -2.38. The van der Waals surface area contributed by atoms with E-state index in [2.05, 4.69) is 51.1 Å². The van der Waals surface area contributed by atoms with Crippen molar-refractivity contribution in [3.8, 4) is 0 Å². The zero-order valence-corrected chi connectivity index (χ0v) is 22.2. The topological polar surface area (TPSA) is 59.5 Å². The Kier molecular flexibility index (Phi) is 7.14. The maximum Gasteiger partial charge on any atom is 0.339 e. The summed E-state index contributed by atoms with van der Waals surface area (Å²) in [7, 11) is 0. The predicted octanol–water partition coefficient (Wildman–Crippen LogP) is 6.58. The molecule has 2 aromatic carbocycles. The summed E-state index contributed by atoms with van der Waals surface area (Å²) >= 11 is 0. The van der Waals surface area contributed by atoms with Gasteiger partial charge < -0.3 is 9.64 Å². The van der Waals surface area contributed by atoms with E-state index in [1.807, 2.05) is 29.2 Å². The van der Waals surface area contributed by atoms with Gasteiger partial charge in [0.05, 0.1) is 16.8 Å². The Morgan fingerprint density at radius 1 is 0.946 bits per heavy atom. The van der Waals surface area contributed by atoms with Gasteiger partial charge in [-0.15, -0.1) is 0 Å². The number of piperidine rings is 1. The van der Waals surface area contributed by atoms with E-state index in [4.69, 9.17) is 9.72 Å². The lowest BCUT2D eigenvalue weighted by Gasteiger charge is -2.26. The number of nitrogens with zero attached hydrogens (tertiary/aromatic N) is 2. The van der Waals surface area contributed by atoms with Crippen molar-refractivity contribution in [1.29, 1.82) is 0 Å². The van der Waals surface area contributed by atoms with Gasteiger partial charge in [-0.3, -0.25) is 4.79 Å². The third-order valence-corrected chi connectivity index (χ3v) is 7.53. The summed E-state index contributed by atoms with van der Waals surface area (Å²) in [5.41, 5.74) is 6.79. The molecule has 3 aromatic rings. The first-order valence-electron chi connectivity index (χ1n) is 13.5. The van der Waals surface area contributed by atoms with Crippen LogP contribution in [0.25, 0.3) is 22.6 Å². The molecule has 0 bridgehead atoms. The molecule has 0 spiro atoms. The molecular weight excluding hydrogens is 460 g/mol. The molecule has 1 amide bonds. The molecule has 5 rings (SSSR count). The number of fused-ring (bicyclic) bond motifs is 2. The minimum absolute atomic E-state index is 0.105. The quantitative estimate of drug-likeness (QED) is 0.383. The van der Waals surface area contributed by atoms with Gasteiger partial charge in [-0.25, -0.2) is 9.78 Å². The van der Waals surface area contributed by atoms with Crippen molar-refractivity contribution in [2.75, 3.05) is 19.7 Å². The molecule has 0 saturated carbocycles. The SMILES string of the molecule is CC(C)(C)c1ccc(C=C2CCCc3c2nc2ccccc2c3C(=O)OCC(=O)N2CCCCC2)cc1. The fourth-order valence-corrected chi connectivity index (χ4v) is 5.42. The molecule has 2 aliphatic rings. The molecule has 0 radical (unpaired) electrons. The Labute approximate surface area is 219 Å².